The van der Waals surface area contributed by atoms with Gasteiger partial charge >= 0.3 is 5.97 Å². The molecule has 1 unspecified atom stereocenters. The van der Waals surface area contributed by atoms with E-state index >= 15 is 0 Å². The van der Waals surface area contributed by atoms with Gasteiger partial charge in [0.05, 0.1) is 24.2 Å². The van der Waals surface area contributed by atoms with Crippen molar-refractivity contribution in [3.8, 4) is 11.4 Å². The quantitative estimate of drug-likeness (QED) is 0.867. The number of hydrogen-bond donors (Lipinski definition) is 1. The number of rotatable bonds is 5. The molecule has 1 atom stereocenters. The van der Waals surface area contributed by atoms with Crippen LogP contribution in [0, 0.1) is 12.8 Å². The molecule has 8 nitrogen and oxygen atoms in total. The molecule has 8 heteroatoms. The van der Waals surface area contributed by atoms with E-state index in [9.17, 15) is 4.79 Å². The number of nitrogens with zero attached hydrogens (tertiary/aromatic N) is 6. The summed E-state index contributed by atoms with van der Waals surface area (Å²) < 4.78 is 3.40. The number of carboxylic acids is 1. The summed E-state index contributed by atoms with van der Waals surface area (Å²) in [6.07, 6.45) is 3.82. The van der Waals surface area contributed by atoms with E-state index in [4.69, 9.17) is 5.11 Å². The number of aryl methyl sites for hydroxylation is 1. The monoisotopic (exact) mass is 276 g/mol. The van der Waals surface area contributed by atoms with E-state index in [0.29, 0.717) is 11.7 Å². The molecule has 0 amide bonds. The van der Waals surface area contributed by atoms with Gasteiger partial charge in [-0.2, -0.15) is 5.10 Å². The van der Waals surface area contributed by atoms with Crippen LogP contribution in [0.2, 0.25) is 0 Å². The lowest BCUT2D eigenvalue weighted by molar-refractivity contribution is -0.138. The first-order valence-electron chi connectivity index (χ1n) is 6.56. The molecule has 106 valence electrons. The normalized spacial score (nSPS) is 16.3. The lowest BCUT2D eigenvalue weighted by atomic mass is 10.1. The molecule has 0 aliphatic heterocycles. The predicted octanol–water partition coefficient (Wildman–Crippen LogP) is 0.808. The Labute approximate surface area is 115 Å². The molecule has 0 radical (unpaired) electrons. The third-order valence-electron chi connectivity index (χ3n) is 3.83. The van der Waals surface area contributed by atoms with Gasteiger partial charge in [0.1, 0.15) is 0 Å². The number of carboxylic acid groups (broad SMARTS) is 1. The molecule has 0 aromatic carbocycles. The van der Waals surface area contributed by atoms with E-state index in [2.05, 4.69) is 20.6 Å². The number of hydrogen-bond acceptors (Lipinski definition) is 5. The minimum Gasteiger partial charge on any atom is -0.481 e. The van der Waals surface area contributed by atoms with Crippen LogP contribution in [0.25, 0.3) is 11.4 Å². The highest BCUT2D eigenvalue weighted by molar-refractivity contribution is 5.67. The van der Waals surface area contributed by atoms with Crippen LogP contribution in [0.5, 0.6) is 0 Å². The first kappa shape index (κ1) is 12.8. The van der Waals surface area contributed by atoms with Crippen LogP contribution in [0.3, 0.4) is 0 Å². The Bertz CT molecular complexity index is 642. The van der Waals surface area contributed by atoms with Gasteiger partial charge in [0, 0.05) is 12.7 Å². The second kappa shape index (κ2) is 4.69. The summed E-state index contributed by atoms with van der Waals surface area (Å²) in [4.78, 5) is 11.1. The van der Waals surface area contributed by atoms with E-state index in [1.54, 1.807) is 15.6 Å². The molecular weight excluding hydrogens is 260 g/mol. The highest BCUT2D eigenvalue weighted by Gasteiger charge is 2.36. The maximum absolute atomic E-state index is 11.1. The van der Waals surface area contributed by atoms with Gasteiger partial charge in [0.15, 0.2) is 5.82 Å². The summed E-state index contributed by atoms with van der Waals surface area (Å²) in [5.74, 6) is 0.116. The molecule has 1 saturated carbocycles. The lowest BCUT2D eigenvalue weighted by Gasteiger charge is -2.15. The maximum Gasteiger partial charge on any atom is 0.305 e. The van der Waals surface area contributed by atoms with Gasteiger partial charge < -0.3 is 5.11 Å². The van der Waals surface area contributed by atoms with Crippen molar-refractivity contribution < 1.29 is 9.90 Å². The fourth-order valence-corrected chi connectivity index (χ4v) is 2.43. The molecule has 0 bridgehead atoms. The van der Waals surface area contributed by atoms with Crippen LogP contribution in [0.15, 0.2) is 6.20 Å². The van der Waals surface area contributed by atoms with Gasteiger partial charge in [0.25, 0.3) is 0 Å². The smallest absolute Gasteiger partial charge is 0.305 e. The third kappa shape index (κ3) is 2.17. The topological polar surface area (TPSA) is 98.7 Å². The molecule has 1 aliphatic rings. The van der Waals surface area contributed by atoms with Crippen molar-refractivity contribution >= 4 is 5.97 Å². The summed E-state index contributed by atoms with van der Waals surface area (Å²) in [6.45, 7) is 1.94. The van der Waals surface area contributed by atoms with Crippen LogP contribution in [0.4, 0.5) is 0 Å². The minimum absolute atomic E-state index is 0.0437. The summed E-state index contributed by atoms with van der Waals surface area (Å²) >= 11 is 0. The van der Waals surface area contributed by atoms with Crippen LogP contribution < -0.4 is 0 Å². The van der Waals surface area contributed by atoms with E-state index in [-0.39, 0.29) is 12.5 Å². The van der Waals surface area contributed by atoms with Crippen LogP contribution in [0.1, 0.15) is 31.0 Å². The van der Waals surface area contributed by atoms with Crippen LogP contribution >= 0.6 is 0 Å². The lowest BCUT2D eigenvalue weighted by Crippen LogP contribution is -2.18. The van der Waals surface area contributed by atoms with Gasteiger partial charge in [-0.05, 0) is 36.1 Å². The maximum atomic E-state index is 11.1. The van der Waals surface area contributed by atoms with Gasteiger partial charge in [-0.25, -0.2) is 4.68 Å². The van der Waals surface area contributed by atoms with Crippen molar-refractivity contribution in [2.45, 2.75) is 32.2 Å². The predicted molar refractivity (Wildman–Crippen MR) is 68.8 cm³/mol. The van der Waals surface area contributed by atoms with Crippen molar-refractivity contribution in [3.05, 3.63) is 11.9 Å². The number of tetrazole rings is 1. The highest BCUT2D eigenvalue weighted by Crippen LogP contribution is 2.42. The largest absolute Gasteiger partial charge is 0.481 e. The fourth-order valence-electron chi connectivity index (χ4n) is 2.43. The third-order valence-corrected chi connectivity index (χ3v) is 3.83. The van der Waals surface area contributed by atoms with E-state index in [0.717, 1.165) is 24.1 Å². The summed E-state index contributed by atoms with van der Waals surface area (Å²) in [7, 11) is 1.85. The zero-order chi connectivity index (χ0) is 14.3. The Hall–Kier alpha value is -2.25. The zero-order valence-electron chi connectivity index (χ0n) is 11.4. The summed E-state index contributed by atoms with van der Waals surface area (Å²) in [5, 5.41) is 25.1. The average molecular weight is 276 g/mol. The standard InChI is InChI=1S/C12H16N6O2/c1-7-9(6-13-17(7)2)12-14-15-16-18(12)10(5-11(19)20)8-3-4-8/h6,8,10H,3-5H2,1-2H3,(H,19,20). The first-order valence-corrected chi connectivity index (χ1v) is 6.56. The number of carbonyl (C=O) groups is 1. The summed E-state index contributed by atoms with van der Waals surface area (Å²) in [6, 6.07) is -0.183. The fraction of sp³-hybridized carbons (Fsp3) is 0.583. The van der Waals surface area contributed by atoms with Crippen molar-refractivity contribution in [3.63, 3.8) is 0 Å². The Morgan fingerprint density at radius 2 is 2.30 bits per heavy atom. The number of aromatic nitrogens is 6. The highest BCUT2D eigenvalue weighted by atomic mass is 16.4. The van der Waals surface area contributed by atoms with Gasteiger partial charge in [-0.3, -0.25) is 9.48 Å². The van der Waals surface area contributed by atoms with Crippen molar-refractivity contribution in [2.75, 3.05) is 0 Å². The van der Waals surface area contributed by atoms with Crippen molar-refractivity contribution in [1.29, 1.82) is 0 Å². The van der Waals surface area contributed by atoms with E-state index < -0.39 is 5.97 Å². The second-order valence-corrected chi connectivity index (χ2v) is 5.22. The van der Waals surface area contributed by atoms with Crippen molar-refractivity contribution in [1.82, 2.24) is 30.0 Å². The average Bonchev–Trinajstić information content (AvgIpc) is 3.05. The van der Waals surface area contributed by atoms with E-state index in [1.807, 2.05) is 14.0 Å². The molecule has 0 spiro atoms. The van der Waals surface area contributed by atoms with E-state index in [1.165, 1.54) is 0 Å². The molecular formula is C12H16N6O2. The Morgan fingerprint density at radius 1 is 1.55 bits per heavy atom. The number of aliphatic carboxylic acids is 1. The molecule has 2 heterocycles. The Kier molecular flexibility index (Phi) is 3.00. The molecule has 20 heavy (non-hydrogen) atoms. The Balaban J connectivity index is 2.00. The SMILES string of the molecule is Cc1c(-c2nnnn2C(CC(=O)O)C2CC2)cnn1C. The zero-order valence-corrected chi connectivity index (χ0v) is 11.4. The molecule has 1 N–H and O–H groups in total. The molecule has 2 aromatic rings. The molecule has 1 aliphatic carbocycles. The molecule has 0 saturated heterocycles. The summed E-state index contributed by atoms with van der Waals surface area (Å²) in [5.41, 5.74) is 1.79. The van der Waals surface area contributed by atoms with Gasteiger partial charge in [-0.15, -0.1) is 5.10 Å². The van der Waals surface area contributed by atoms with Crippen molar-refractivity contribution in [2.24, 2.45) is 13.0 Å². The van der Waals surface area contributed by atoms with Gasteiger partial charge in [-0.1, -0.05) is 0 Å². The minimum atomic E-state index is -0.828. The first-order chi connectivity index (χ1) is 9.58. The Morgan fingerprint density at radius 3 is 2.85 bits per heavy atom. The second-order valence-electron chi connectivity index (χ2n) is 5.22. The molecule has 2 aromatic heterocycles. The molecule has 3 rings (SSSR count). The molecule has 1 fully saturated rings. The van der Waals surface area contributed by atoms with Crippen LogP contribution in [-0.2, 0) is 11.8 Å². The van der Waals surface area contributed by atoms with Crippen LogP contribution in [-0.4, -0.2) is 41.1 Å². The van der Waals surface area contributed by atoms with Gasteiger partial charge in [0.2, 0.25) is 0 Å².